The molecule has 0 saturated carbocycles. The topological polar surface area (TPSA) is 68.3 Å². The molecule has 0 atom stereocenters. The Morgan fingerprint density at radius 2 is 1.23 bits per heavy atom. The van der Waals surface area contributed by atoms with Crippen LogP contribution in [0.15, 0.2) is 81.9 Å². The summed E-state index contributed by atoms with van der Waals surface area (Å²) < 4.78 is 48.9. The molecule has 2 aromatic rings. The van der Waals surface area contributed by atoms with Gasteiger partial charge in [0.1, 0.15) is 0 Å². The normalized spacial score (nSPS) is 12.0. The van der Waals surface area contributed by atoms with Gasteiger partial charge in [-0.15, -0.1) is 0 Å². The Kier molecular flexibility index (Phi) is 4.83. The molecule has 0 amide bonds. The predicted octanol–water partition coefficient (Wildman–Crippen LogP) is 2.84. The fourth-order valence-corrected chi connectivity index (χ4v) is 4.57. The van der Waals surface area contributed by atoms with Gasteiger partial charge >= 0.3 is 0 Å². The van der Waals surface area contributed by atoms with E-state index in [4.69, 9.17) is 0 Å². The molecular formula is C16H16O4S2. The van der Waals surface area contributed by atoms with Crippen molar-refractivity contribution in [3.8, 4) is 0 Å². The van der Waals surface area contributed by atoms with Crippen molar-refractivity contribution < 1.29 is 16.8 Å². The summed E-state index contributed by atoms with van der Waals surface area (Å²) in [4.78, 5) is 0.204. The SMILES string of the molecule is C=C(CCS(=O)(=O)c1ccccc1)S(=O)(=O)c1ccccc1. The van der Waals surface area contributed by atoms with Crippen LogP contribution in [0.1, 0.15) is 6.42 Å². The molecule has 0 radical (unpaired) electrons. The average Bonchev–Trinajstić information content (AvgIpc) is 2.54. The highest BCUT2D eigenvalue weighted by atomic mass is 32.2. The summed E-state index contributed by atoms with van der Waals surface area (Å²) in [5.74, 6) is -0.290. The number of allylic oxidation sites excluding steroid dienone is 1. The first-order valence-electron chi connectivity index (χ1n) is 6.60. The summed E-state index contributed by atoms with van der Waals surface area (Å²) >= 11 is 0. The van der Waals surface area contributed by atoms with E-state index in [1.807, 2.05) is 0 Å². The molecule has 116 valence electrons. The Bertz CT molecular complexity index is 853. The van der Waals surface area contributed by atoms with Crippen molar-refractivity contribution in [2.75, 3.05) is 5.75 Å². The zero-order valence-electron chi connectivity index (χ0n) is 11.8. The number of sulfone groups is 2. The standard InChI is InChI=1S/C16H16O4S2/c1-14(22(19,20)16-10-6-3-7-11-16)12-13-21(17,18)15-8-4-2-5-9-15/h2-11H,1,12-13H2. The van der Waals surface area contributed by atoms with Crippen LogP contribution in [0.5, 0.6) is 0 Å². The Morgan fingerprint density at radius 1 is 0.773 bits per heavy atom. The highest BCUT2D eigenvalue weighted by molar-refractivity contribution is 7.95. The van der Waals surface area contributed by atoms with Crippen molar-refractivity contribution in [1.29, 1.82) is 0 Å². The Morgan fingerprint density at radius 3 is 1.73 bits per heavy atom. The third-order valence-corrected chi connectivity index (χ3v) is 6.77. The maximum absolute atomic E-state index is 12.3. The second-order valence-electron chi connectivity index (χ2n) is 4.74. The molecule has 0 fully saturated rings. The van der Waals surface area contributed by atoms with Gasteiger partial charge in [-0.05, 0) is 30.7 Å². The zero-order valence-corrected chi connectivity index (χ0v) is 13.5. The van der Waals surface area contributed by atoms with Crippen molar-refractivity contribution >= 4 is 19.7 Å². The van der Waals surface area contributed by atoms with Crippen LogP contribution in [0.3, 0.4) is 0 Å². The van der Waals surface area contributed by atoms with Crippen LogP contribution in [-0.2, 0) is 19.7 Å². The molecule has 0 N–H and O–H groups in total. The van der Waals surface area contributed by atoms with Crippen LogP contribution in [0.4, 0.5) is 0 Å². The number of benzene rings is 2. The largest absolute Gasteiger partial charge is 0.224 e. The van der Waals surface area contributed by atoms with Gasteiger partial charge in [-0.1, -0.05) is 43.0 Å². The monoisotopic (exact) mass is 336 g/mol. The molecule has 0 aliphatic heterocycles. The van der Waals surface area contributed by atoms with Gasteiger partial charge in [0.25, 0.3) is 0 Å². The first-order chi connectivity index (χ1) is 10.3. The van der Waals surface area contributed by atoms with Crippen LogP contribution in [0.25, 0.3) is 0 Å². The van der Waals surface area contributed by atoms with E-state index in [1.165, 1.54) is 24.3 Å². The van der Waals surface area contributed by atoms with E-state index in [1.54, 1.807) is 36.4 Å². The van der Waals surface area contributed by atoms with Gasteiger partial charge in [0.15, 0.2) is 9.84 Å². The van der Waals surface area contributed by atoms with Crippen molar-refractivity contribution in [3.05, 3.63) is 72.1 Å². The van der Waals surface area contributed by atoms with Crippen LogP contribution in [0.2, 0.25) is 0 Å². The number of rotatable bonds is 6. The third kappa shape index (κ3) is 3.64. The van der Waals surface area contributed by atoms with Gasteiger partial charge in [-0.25, -0.2) is 16.8 Å². The molecular weight excluding hydrogens is 320 g/mol. The van der Waals surface area contributed by atoms with E-state index in [0.29, 0.717) is 0 Å². The lowest BCUT2D eigenvalue weighted by Gasteiger charge is -2.08. The molecule has 0 spiro atoms. The molecule has 0 saturated heterocycles. The number of hydrogen-bond donors (Lipinski definition) is 0. The Hall–Kier alpha value is -1.92. The molecule has 0 bridgehead atoms. The van der Waals surface area contributed by atoms with Crippen LogP contribution in [0, 0.1) is 0 Å². The van der Waals surface area contributed by atoms with Crippen molar-refractivity contribution in [1.82, 2.24) is 0 Å². The smallest absolute Gasteiger partial charge is 0.202 e. The quantitative estimate of drug-likeness (QED) is 0.813. The van der Waals surface area contributed by atoms with Gasteiger partial charge in [-0.2, -0.15) is 0 Å². The van der Waals surface area contributed by atoms with Crippen LogP contribution < -0.4 is 0 Å². The lowest BCUT2D eigenvalue weighted by Crippen LogP contribution is -2.11. The molecule has 0 aromatic heterocycles. The molecule has 4 nitrogen and oxygen atoms in total. The highest BCUT2D eigenvalue weighted by Crippen LogP contribution is 2.22. The summed E-state index contributed by atoms with van der Waals surface area (Å²) in [6.45, 7) is 3.55. The third-order valence-electron chi connectivity index (χ3n) is 3.19. The second kappa shape index (κ2) is 6.46. The second-order valence-corrected chi connectivity index (χ2v) is 8.90. The van der Waals surface area contributed by atoms with E-state index in [2.05, 4.69) is 6.58 Å². The summed E-state index contributed by atoms with van der Waals surface area (Å²) in [6, 6.07) is 15.8. The maximum Gasteiger partial charge on any atom is 0.202 e. The fraction of sp³-hybridized carbons (Fsp3) is 0.125. The van der Waals surface area contributed by atoms with Gasteiger partial charge < -0.3 is 0 Å². The average molecular weight is 336 g/mol. The van der Waals surface area contributed by atoms with Crippen LogP contribution in [-0.4, -0.2) is 22.6 Å². The minimum absolute atomic E-state index is 0.0989. The molecule has 6 heteroatoms. The van der Waals surface area contributed by atoms with E-state index in [0.717, 1.165) is 0 Å². The summed E-state index contributed by atoms with van der Waals surface area (Å²) in [5, 5.41) is 0. The van der Waals surface area contributed by atoms with E-state index >= 15 is 0 Å². The van der Waals surface area contributed by atoms with E-state index < -0.39 is 19.7 Å². The molecule has 2 aromatic carbocycles. The highest BCUT2D eigenvalue weighted by Gasteiger charge is 2.21. The lowest BCUT2D eigenvalue weighted by atomic mass is 10.4. The minimum atomic E-state index is -3.70. The van der Waals surface area contributed by atoms with Crippen molar-refractivity contribution in [3.63, 3.8) is 0 Å². The molecule has 22 heavy (non-hydrogen) atoms. The minimum Gasteiger partial charge on any atom is -0.224 e. The molecule has 0 aliphatic rings. The fourth-order valence-electron chi connectivity index (χ4n) is 1.89. The summed E-state index contributed by atoms with van der Waals surface area (Å²) in [7, 11) is -7.23. The summed E-state index contributed by atoms with van der Waals surface area (Å²) in [5.41, 5.74) is 0. The summed E-state index contributed by atoms with van der Waals surface area (Å²) in [6.07, 6.45) is -0.131. The van der Waals surface area contributed by atoms with Crippen molar-refractivity contribution in [2.45, 2.75) is 16.2 Å². The predicted molar refractivity (Wildman–Crippen MR) is 85.9 cm³/mol. The van der Waals surface area contributed by atoms with Gasteiger partial charge in [0.2, 0.25) is 9.84 Å². The van der Waals surface area contributed by atoms with Gasteiger partial charge in [0.05, 0.1) is 15.5 Å². The molecule has 0 heterocycles. The maximum atomic E-state index is 12.3. The van der Waals surface area contributed by atoms with E-state index in [9.17, 15) is 16.8 Å². The Balaban J connectivity index is 2.14. The number of hydrogen-bond acceptors (Lipinski definition) is 4. The first-order valence-corrected chi connectivity index (χ1v) is 9.73. The van der Waals surface area contributed by atoms with Crippen LogP contribution >= 0.6 is 0 Å². The lowest BCUT2D eigenvalue weighted by molar-refractivity contribution is 0.594. The van der Waals surface area contributed by atoms with Gasteiger partial charge in [-0.3, -0.25) is 0 Å². The van der Waals surface area contributed by atoms with Gasteiger partial charge in [0, 0.05) is 4.91 Å². The Labute approximate surface area is 131 Å². The van der Waals surface area contributed by atoms with Crippen molar-refractivity contribution in [2.24, 2.45) is 0 Å². The molecule has 0 aliphatic carbocycles. The van der Waals surface area contributed by atoms with E-state index in [-0.39, 0.29) is 26.9 Å². The molecule has 0 unspecified atom stereocenters. The molecule has 2 rings (SSSR count). The first kappa shape index (κ1) is 16.5. The zero-order chi connectivity index (χ0) is 16.2.